The molecule has 1 aliphatic rings. The van der Waals surface area contributed by atoms with Gasteiger partial charge >= 0.3 is 6.09 Å². The van der Waals surface area contributed by atoms with E-state index < -0.39 is 5.60 Å². The zero-order valence-corrected chi connectivity index (χ0v) is 19.2. The third kappa shape index (κ3) is 4.71. The van der Waals surface area contributed by atoms with Gasteiger partial charge in [0.25, 0.3) is 0 Å². The quantitative estimate of drug-likeness (QED) is 0.571. The molecule has 1 amide bonds. The standard InChI is InChI=1S/C25H31FN4O2/c1-25(2,3)32-24(31)28(4)19-11-9-15-29(17-19)23-27-21-13-7-8-14-22(21)30(23)16-18-10-5-6-12-20(18)26/h5-8,10,12-14,19H,9,11,15-17H2,1-4H3/t19-/m1/s1. The van der Waals surface area contributed by atoms with Gasteiger partial charge < -0.3 is 19.1 Å². The smallest absolute Gasteiger partial charge is 0.410 e. The van der Waals surface area contributed by atoms with Crippen LogP contribution in [0.15, 0.2) is 48.5 Å². The Hall–Kier alpha value is -3.09. The maximum Gasteiger partial charge on any atom is 0.410 e. The van der Waals surface area contributed by atoms with Crippen molar-refractivity contribution in [1.29, 1.82) is 0 Å². The Kier molecular flexibility index (Phi) is 6.09. The minimum atomic E-state index is -0.534. The number of ether oxygens (including phenoxy) is 1. The van der Waals surface area contributed by atoms with Crippen molar-refractivity contribution in [2.45, 2.75) is 51.8 Å². The van der Waals surface area contributed by atoms with Gasteiger partial charge in [-0.3, -0.25) is 0 Å². The van der Waals surface area contributed by atoms with Crippen molar-refractivity contribution < 1.29 is 13.9 Å². The number of piperidine rings is 1. The van der Waals surface area contributed by atoms with E-state index in [2.05, 4.69) is 9.47 Å². The number of rotatable bonds is 4. The summed E-state index contributed by atoms with van der Waals surface area (Å²) in [6.45, 7) is 7.49. The first-order valence-corrected chi connectivity index (χ1v) is 11.1. The number of carbonyl (C=O) groups excluding carboxylic acids is 1. The van der Waals surface area contributed by atoms with Gasteiger partial charge in [-0.2, -0.15) is 0 Å². The van der Waals surface area contributed by atoms with E-state index in [0.29, 0.717) is 18.7 Å². The molecular formula is C25H31FN4O2. The van der Waals surface area contributed by atoms with Gasteiger partial charge in [0.2, 0.25) is 5.95 Å². The van der Waals surface area contributed by atoms with E-state index in [-0.39, 0.29) is 18.0 Å². The lowest BCUT2D eigenvalue weighted by molar-refractivity contribution is 0.0209. The maximum absolute atomic E-state index is 14.4. The van der Waals surface area contributed by atoms with Crippen molar-refractivity contribution in [3.63, 3.8) is 0 Å². The molecule has 0 aliphatic carbocycles. The molecule has 1 atom stereocenters. The average molecular weight is 439 g/mol. The molecule has 1 saturated heterocycles. The minimum Gasteiger partial charge on any atom is -0.444 e. The third-order valence-electron chi connectivity index (χ3n) is 5.83. The second kappa shape index (κ2) is 8.81. The largest absolute Gasteiger partial charge is 0.444 e. The highest BCUT2D eigenvalue weighted by Gasteiger charge is 2.31. The Morgan fingerprint density at radius 3 is 2.66 bits per heavy atom. The number of nitrogens with zero attached hydrogens (tertiary/aromatic N) is 4. The molecule has 2 heterocycles. The van der Waals surface area contributed by atoms with Crippen molar-refractivity contribution in [3.05, 3.63) is 59.9 Å². The summed E-state index contributed by atoms with van der Waals surface area (Å²) in [5.74, 6) is 0.578. The number of halogens is 1. The van der Waals surface area contributed by atoms with Crippen molar-refractivity contribution in [2.24, 2.45) is 0 Å². The highest BCUT2D eigenvalue weighted by atomic mass is 19.1. The molecule has 32 heavy (non-hydrogen) atoms. The minimum absolute atomic E-state index is 0.0142. The number of amides is 1. The SMILES string of the molecule is CN(C(=O)OC(C)(C)C)[C@@H]1CCCN(c2nc3ccccc3n2Cc2ccccc2F)C1. The number of imidazole rings is 1. The number of anilines is 1. The second-order valence-corrected chi connectivity index (χ2v) is 9.41. The molecule has 0 unspecified atom stereocenters. The summed E-state index contributed by atoms with van der Waals surface area (Å²) in [6, 6.07) is 14.8. The summed E-state index contributed by atoms with van der Waals surface area (Å²) in [7, 11) is 1.80. The number of carbonyl (C=O) groups is 1. The van der Waals surface area contributed by atoms with Crippen molar-refractivity contribution >= 4 is 23.1 Å². The normalized spacial score (nSPS) is 16.9. The molecule has 1 fully saturated rings. The van der Waals surface area contributed by atoms with Gasteiger partial charge in [-0.1, -0.05) is 30.3 Å². The van der Waals surface area contributed by atoms with Crippen LogP contribution in [0.2, 0.25) is 0 Å². The molecule has 0 bridgehead atoms. The van der Waals surface area contributed by atoms with E-state index in [1.807, 2.05) is 57.2 Å². The molecule has 4 rings (SSSR count). The van der Waals surface area contributed by atoms with E-state index in [9.17, 15) is 9.18 Å². The van der Waals surface area contributed by atoms with Gasteiger partial charge in [0.15, 0.2) is 0 Å². The van der Waals surface area contributed by atoms with Gasteiger partial charge in [-0.15, -0.1) is 0 Å². The Morgan fingerprint density at radius 2 is 1.91 bits per heavy atom. The molecule has 0 radical (unpaired) electrons. The first kappa shape index (κ1) is 22.1. The number of aromatic nitrogens is 2. The van der Waals surface area contributed by atoms with Gasteiger partial charge in [-0.25, -0.2) is 14.2 Å². The molecule has 1 aromatic heterocycles. The zero-order chi connectivity index (χ0) is 22.9. The zero-order valence-electron chi connectivity index (χ0n) is 19.2. The number of para-hydroxylation sites is 2. The van der Waals surface area contributed by atoms with Crippen molar-refractivity contribution in [2.75, 3.05) is 25.0 Å². The predicted octanol–water partition coefficient (Wildman–Crippen LogP) is 5.06. The summed E-state index contributed by atoms with van der Waals surface area (Å²) < 4.78 is 22.1. The van der Waals surface area contributed by atoms with Crippen LogP contribution in [0.5, 0.6) is 0 Å². The fraction of sp³-hybridized carbons (Fsp3) is 0.440. The average Bonchev–Trinajstić information content (AvgIpc) is 3.12. The second-order valence-electron chi connectivity index (χ2n) is 9.41. The lowest BCUT2D eigenvalue weighted by atomic mass is 10.1. The van der Waals surface area contributed by atoms with Crippen LogP contribution in [0.25, 0.3) is 11.0 Å². The Balaban J connectivity index is 1.63. The molecule has 0 spiro atoms. The van der Waals surface area contributed by atoms with E-state index in [1.54, 1.807) is 18.0 Å². The Labute approximate surface area is 188 Å². The highest BCUT2D eigenvalue weighted by Crippen LogP contribution is 2.28. The summed E-state index contributed by atoms with van der Waals surface area (Å²) >= 11 is 0. The van der Waals surface area contributed by atoms with Gasteiger partial charge in [-0.05, 0) is 51.8 Å². The van der Waals surface area contributed by atoms with Crippen LogP contribution in [-0.4, -0.2) is 52.3 Å². The summed E-state index contributed by atoms with van der Waals surface area (Å²) in [6.07, 6.45) is 1.52. The molecular weight excluding hydrogens is 407 g/mol. The van der Waals surface area contributed by atoms with Crippen LogP contribution in [0.1, 0.15) is 39.2 Å². The lowest BCUT2D eigenvalue weighted by Crippen LogP contribution is -2.50. The Bertz CT molecular complexity index is 1100. The molecule has 0 N–H and O–H groups in total. The molecule has 7 heteroatoms. The molecule has 2 aromatic carbocycles. The van der Waals surface area contributed by atoms with E-state index in [0.717, 1.165) is 36.4 Å². The topological polar surface area (TPSA) is 50.6 Å². The van der Waals surface area contributed by atoms with Crippen LogP contribution < -0.4 is 4.90 Å². The molecule has 1 aliphatic heterocycles. The number of benzene rings is 2. The van der Waals surface area contributed by atoms with Gasteiger partial charge in [0, 0.05) is 25.7 Å². The maximum atomic E-state index is 14.4. The van der Waals surface area contributed by atoms with Gasteiger partial charge in [0.05, 0.1) is 23.6 Å². The number of likely N-dealkylation sites (N-methyl/N-ethyl adjacent to an activating group) is 1. The van der Waals surface area contributed by atoms with Gasteiger partial charge in [0.1, 0.15) is 11.4 Å². The first-order chi connectivity index (χ1) is 15.2. The van der Waals surface area contributed by atoms with E-state index in [1.165, 1.54) is 6.07 Å². The molecule has 0 saturated carbocycles. The molecule has 6 nitrogen and oxygen atoms in total. The summed E-state index contributed by atoms with van der Waals surface area (Å²) in [5, 5.41) is 0. The van der Waals surface area contributed by atoms with Crippen LogP contribution in [0.4, 0.5) is 15.1 Å². The van der Waals surface area contributed by atoms with Crippen molar-refractivity contribution in [3.8, 4) is 0 Å². The lowest BCUT2D eigenvalue weighted by Gasteiger charge is -2.38. The Morgan fingerprint density at radius 1 is 1.19 bits per heavy atom. The number of hydrogen-bond donors (Lipinski definition) is 0. The predicted molar refractivity (Wildman–Crippen MR) is 124 cm³/mol. The van der Waals surface area contributed by atoms with Crippen LogP contribution in [0, 0.1) is 5.82 Å². The monoisotopic (exact) mass is 438 g/mol. The summed E-state index contributed by atoms with van der Waals surface area (Å²) in [4.78, 5) is 21.4. The van der Waals surface area contributed by atoms with Crippen LogP contribution in [-0.2, 0) is 11.3 Å². The number of hydrogen-bond acceptors (Lipinski definition) is 4. The molecule has 3 aromatic rings. The first-order valence-electron chi connectivity index (χ1n) is 11.1. The fourth-order valence-corrected chi connectivity index (χ4v) is 4.19. The number of fused-ring (bicyclic) bond motifs is 1. The fourth-order valence-electron chi connectivity index (χ4n) is 4.19. The molecule has 170 valence electrons. The van der Waals surface area contributed by atoms with Crippen molar-refractivity contribution in [1.82, 2.24) is 14.5 Å². The van der Waals surface area contributed by atoms with E-state index in [4.69, 9.17) is 9.72 Å². The third-order valence-corrected chi connectivity index (χ3v) is 5.83. The highest BCUT2D eigenvalue weighted by molar-refractivity contribution is 5.79. The van der Waals surface area contributed by atoms with Crippen LogP contribution in [0.3, 0.4) is 0 Å². The van der Waals surface area contributed by atoms with E-state index >= 15 is 0 Å². The van der Waals surface area contributed by atoms with Crippen LogP contribution >= 0.6 is 0 Å². The summed E-state index contributed by atoms with van der Waals surface area (Å²) in [5.41, 5.74) is 1.93.